The van der Waals surface area contributed by atoms with E-state index in [0.29, 0.717) is 10.2 Å². The van der Waals surface area contributed by atoms with Crippen LogP contribution in [0.5, 0.6) is 0 Å². The van der Waals surface area contributed by atoms with Crippen LogP contribution >= 0.6 is 0 Å². The van der Waals surface area contributed by atoms with Crippen molar-refractivity contribution in [2.24, 2.45) is 5.41 Å². The molecule has 0 saturated heterocycles. The lowest BCUT2D eigenvalue weighted by molar-refractivity contribution is 0.112. The fraction of sp³-hybridized carbons (Fsp3) is 0.478. The van der Waals surface area contributed by atoms with Crippen molar-refractivity contribution >= 4 is 17.1 Å². The molecule has 2 nitrogen and oxygen atoms in total. The SMILES string of the molecule is CCN1c2ccccc2[N+]2(C)c3c(F)cc(F)cc3CCC(CC)(CC)C12. The predicted molar refractivity (Wildman–Crippen MR) is 108 cm³/mol. The second-order valence-corrected chi connectivity index (χ2v) is 8.19. The fourth-order valence-electron chi connectivity index (χ4n) is 5.92. The van der Waals surface area contributed by atoms with Crippen molar-refractivity contribution in [1.82, 2.24) is 4.48 Å². The largest absolute Gasteiger partial charge is 0.317 e. The Kier molecular flexibility index (Phi) is 4.30. The van der Waals surface area contributed by atoms with Gasteiger partial charge in [-0.3, -0.25) is 0 Å². The van der Waals surface area contributed by atoms with Gasteiger partial charge in [0.05, 0.1) is 7.05 Å². The first-order valence-corrected chi connectivity index (χ1v) is 10.1. The van der Waals surface area contributed by atoms with Crippen molar-refractivity contribution in [1.29, 1.82) is 0 Å². The predicted octanol–water partition coefficient (Wildman–Crippen LogP) is 6.15. The molecule has 0 spiro atoms. The zero-order valence-corrected chi connectivity index (χ0v) is 16.7. The van der Waals surface area contributed by atoms with E-state index < -0.39 is 11.6 Å². The number of benzene rings is 2. The number of hydrogen-bond donors (Lipinski definition) is 0. The molecular formula is C23H29F2N2+. The highest BCUT2D eigenvalue weighted by Gasteiger charge is 2.60. The summed E-state index contributed by atoms with van der Waals surface area (Å²) in [5.74, 6) is -0.900. The molecule has 0 fully saturated rings. The highest BCUT2D eigenvalue weighted by molar-refractivity contribution is 5.81. The maximum Gasteiger partial charge on any atom is 0.187 e. The lowest BCUT2D eigenvalue weighted by atomic mass is 9.74. The molecule has 2 aromatic rings. The average Bonchev–Trinajstić information content (AvgIpc) is 2.86. The van der Waals surface area contributed by atoms with Crippen LogP contribution in [0, 0.1) is 17.0 Å². The minimum Gasteiger partial charge on any atom is -0.317 e. The minimum absolute atomic E-state index is 0.0334. The Morgan fingerprint density at radius 3 is 2.48 bits per heavy atom. The van der Waals surface area contributed by atoms with Gasteiger partial charge in [0.1, 0.15) is 11.5 Å². The molecule has 144 valence electrons. The van der Waals surface area contributed by atoms with Crippen LogP contribution in [0.3, 0.4) is 0 Å². The van der Waals surface area contributed by atoms with Gasteiger partial charge in [0.15, 0.2) is 23.4 Å². The van der Waals surface area contributed by atoms with E-state index in [0.717, 1.165) is 49.5 Å². The van der Waals surface area contributed by atoms with E-state index in [1.807, 2.05) is 6.07 Å². The molecule has 2 aliphatic rings. The normalized spacial score (nSPS) is 25.6. The lowest BCUT2D eigenvalue weighted by Gasteiger charge is -2.47. The van der Waals surface area contributed by atoms with Crippen LogP contribution in [0.25, 0.3) is 0 Å². The van der Waals surface area contributed by atoms with Crippen LogP contribution in [0.15, 0.2) is 36.4 Å². The van der Waals surface area contributed by atoms with E-state index in [4.69, 9.17) is 0 Å². The van der Waals surface area contributed by atoms with Crippen LogP contribution in [0.2, 0.25) is 0 Å². The van der Waals surface area contributed by atoms with Crippen LogP contribution in [-0.4, -0.2) is 19.8 Å². The van der Waals surface area contributed by atoms with E-state index in [-0.39, 0.29) is 11.6 Å². The van der Waals surface area contributed by atoms with E-state index in [9.17, 15) is 4.39 Å². The van der Waals surface area contributed by atoms with Gasteiger partial charge in [0.2, 0.25) is 0 Å². The van der Waals surface area contributed by atoms with Crippen LogP contribution in [0.1, 0.15) is 45.6 Å². The summed E-state index contributed by atoms with van der Waals surface area (Å²) in [6.45, 7) is 7.54. The van der Waals surface area contributed by atoms with Gasteiger partial charge in [-0.2, -0.15) is 0 Å². The van der Waals surface area contributed by atoms with Crippen molar-refractivity contribution in [2.75, 3.05) is 18.5 Å². The molecule has 0 N–H and O–H groups in total. The van der Waals surface area contributed by atoms with Crippen molar-refractivity contribution in [3.05, 3.63) is 53.6 Å². The number of aryl methyl sites for hydroxylation is 1. The number of halogens is 2. The Balaban J connectivity index is 2.10. The van der Waals surface area contributed by atoms with E-state index in [2.05, 4.69) is 50.9 Å². The Morgan fingerprint density at radius 2 is 1.81 bits per heavy atom. The maximum atomic E-state index is 15.3. The topological polar surface area (TPSA) is 3.24 Å². The number of anilines is 1. The number of nitrogens with zero attached hydrogens (tertiary/aromatic N) is 2. The number of hydrogen-bond acceptors (Lipinski definition) is 1. The summed E-state index contributed by atoms with van der Waals surface area (Å²) in [5, 5.41) is 0. The molecule has 0 bridgehead atoms. The van der Waals surface area contributed by atoms with Crippen molar-refractivity contribution in [3.8, 4) is 0 Å². The van der Waals surface area contributed by atoms with Crippen molar-refractivity contribution in [2.45, 2.75) is 52.6 Å². The number of para-hydroxylation sites is 2. The first-order valence-electron chi connectivity index (χ1n) is 10.1. The maximum absolute atomic E-state index is 15.3. The lowest BCUT2D eigenvalue weighted by Crippen LogP contribution is -2.61. The standard InChI is InChI=1S/C23H29F2N2/c1-5-23(6-2)13-12-16-14-17(24)15-18(25)21(16)27(4)20-11-9-8-10-19(20)26(7-3)22(23)27/h8-11,14-15,22H,5-7,12-13H2,1-4H3/q+1. The molecule has 27 heavy (non-hydrogen) atoms. The summed E-state index contributed by atoms with van der Waals surface area (Å²) in [6.07, 6.45) is 3.81. The molecule has 4 rings (SSSR count). The third-order valence-electron chi connectivity index (χ3n) is 7.24. The molecule has 2 heterocycles. The fourth-order valence-corrected chi connectivity index (χ4v) is 5.92. The summed E-state index contributed by atoms with van der Waals surface area (Å²) in [7, 11) is 2.13. The van der Waals surface area contributed by atoms with E-state index in [1.165, 1.54) is 5.69 Å². The molecule has 0 saturated carbocycles. The first kappa shape index (κ1) is 18.4. The molecule has 2 aromatic carbocycles. The Hall–Kier alpha value is -1.94. The van der Waals surface area contributed by atoms with Gasteiger partial charge in [-0.1, -0.05) is 26.0 Å². The van der Waals surface area contributed by atoms with Crippen LogP contribution in [-0.2, 0) is 6.42 Å². The van der Waals surface area contributed by atoms with Crippen molar-refractivity contribution < 1.29 is 8.78 Å². The highest BCUT2D eigenvalue weighted by Crippen LogP contribution is 2.59. The Labute approximate surface area is 161 Å². The molecule has 0 amide bonds. The van der Waals surface area contributed by atoms with Crippen LogP contribution in [0.4, 0.5) is 25.8 Å². The minimum atomic E-state index is -0.477. The third kappa shape index (κ3) is 2.32. The molecule has 0 radical (unpaired) electrons. The molecule has 0 aliphatic carbocycles. The second-order valence-electron chi connectivity index (χ2n) is 8.19. The summed E-state index contributed by atoms with van der Waals surface area (Å²) >= 11 is 0. The highest BCUT2D eigenvalue weighted by atomic mass is 19.1. The number of quaternary nitrogens is 1. The average molecular weight is 371 g/mol. The molecule has 0 aromatic heterocycles. The van der Waals surface area contributed by atoms with Gasteiger partial charge >= 0.3 is 0 Å². The van der Waals surface area contributed by atoms with Gasteiger partial charge in [0.25, 0.3) is 0 Å². The summed E-state index contributed by atoms with van der Waals surface area (Å²) in [5.41, 5.74) is 3.79. The molecule has 2 unspecified atom stereocenters. The Morgan fingerprint density at radius 1 is 1.11 bits per heavy atom. The second kappa shape index (κ2) is 6.30. The zero-order chi connectivity index (χ0) is 19.4. The van der Waals surface area contributed by atoms with Gasteiger partial charge < -0.3 is 4.90 Å². The van der Waals surface area contributed by atoms with Crippen LogP contribution < -0.4 is 9.38 Å². The Bertz CT molecular complexity index is 875. The zero-order valence-electron chi connectivity index (χ0n) is 16.7. The van der Waals surface area contributed by atoms with Gasteiger partial charge in [-0.05, 0) is 44.7 Å². The monoisotopic (exact) mass is 371 g/mol. The van der Waals surface area contributed by atoms with Crippen molar-refractivity contribution in [3.63, 3.8) is 0 Å². The smallest absolute Gasteiger partial charge is 0.187 e. The molecule has 2 atom stereocenters. The summed E-state index contributed by atoms with van der Waals surface area (Å²) < 4.78 is 29.8. The van der Waals surface area contributed by atoms with E-state index >= 15 is 4.39 Å². The summed E-state index contributed by atoms with van der Waals surface area (Å²) in [4.78, 5) is 2.46. The number of fused-ring (bicyclic) bond motifs is 5. The number of rotatable bonds is 3. The van der Waals surface area contributed by atoms with Gasteiger partial charge in [-0.25, -0.2) is 13.3 Å². The third-order valence-corrected chi connectivity index (χ3v) is 7.24. The molecular weight excluding hydrogens is 342 g/mol. The van der Waals surface area contributed by atoms with Gasteiger partial charge in [0, 0.05) is 29.7 Å². The summed E-state index contributed by atoms with van der Waals surface area (Å²) in [6, 6.07) is 11.0. The quantitative estimate of drug-likeness (QED) is 0.585. The van der Waals surface area contributed by atoms with Gasteiger partial charge in [-0.15, -0.1) is 0 Å². The molecule has 4 heteroatoms. The first-order chi connectivity index (χ1) is 12.9. The van der Waals surface area contributed by atoms with E-state index in [1.54, 1.807) is 6.07 Å². The molecule has 2 aliphatic heterocycles.